The molecule has 1 aliphatic rings. The number of anilines is 1. The fourth-order valence-electron chi connectivity index (χ4n) is 2.16. The van der Waals surface area contributed by atoms with Crippen molar-refractivity contribution in [3.8, 4) is 0 Å². The lowest BCUT2D eigenvalue weighted by molar-refractivity contribution is -0.0588. The molecule has 0 aliphatic carbocycles. The molecule has 1 heterocycles. The van der Waals surface area contributed by atoms with Gasteiger partial charge in [0, 0.05) is 32.6 Å². The first kappa shape index (κ1) is 16.2. The molecule has 0 spiro atoms. The molecular weight excluding hydrogens is 299 g/mol. The summed E-state index contributed by atoms with van der Waals surface area (Å²) in [6.07, 6.45) is 0.722. The molecule has 1 fully saturated rings. The number of sulfonamides is 1. The summed E-state index contributed by atoms with van der Waals surface area (Å²) in [6, 6.07) is 2.28. The van der Waals surface area contributed by atoms with Crippen molar-refractivity contribution in [2.45, 2.75) is 30.3 Å². The Morgan fingerprint density at radius 3 is 2.62 bits per heavy atom. The van der Waals surface area contributed by atoms with Gasteiger partial charge in [0.15, 0.2) is 0 Å². The quantitative estimate of drug-likeness (QED) is 0.703. The zero-order valence-electron chi connectivity index (χ0n) is 11.7. The van der Waals surface area contributed by atoms with E-state index in [0.717, 1.165) is 6.07 Å². The van der Waals surface area contributed by atoms with Gasteiger partial charge in [-0.05, 0) is 24.6 Å². The van der Waals surface area contributed by atoms with Gasteiger partial charge in [-0.15, -0.1) is 0 Å². The second-order valence-electron chi connectivity index (χ2n) is 5.30. The highest BCUT2D eigenvalue weighted by Gasteiger charge is 2.31. The first-order chi connectivity index (χ1) is 9.73. The molecule has 1 aromatic carbocycles. The second kappa shape index (κ2) is 5.88. The number of halogens is 1. The van der Waals surface area contributed by atoms with E-state index in [1.54, 1.807) is 0 Å². The standard InChI is InChI=1S/C13H19FN2O4S/c1-9-6-10(7-11(15)12(9)14)21(18,19)16-8-13(17)2-4-20-5-3-13/h6-7,16-17H,2-5,8,15H2,1H3. The van der Waals surface area contributed by atoms with Gasteiger partial charge in [0.1, 0.15) is 5.82 Å². The van der Waals surface area contributed by atoms with Gasteiger partial charge in [-0.25, -0.2) is 17.5 Å². The van der Waals surface area contributed by atoms with Crippen LogP contribution >= 0.6 is 0 Å². The number of aliphatic hydroxyl groups is 1. The average molecular weight is 318 g/mol. The van der Waals surface area contributed by atoms with Crippen molar-refractivity contribution >= 4 is 15.7 Å². The minimum Gasteiger partial charge on any atom is -0.396 e. The van der Waals surface area contributed by atoms with Crippen LogP contribution in [0.3, 0.4) is 0 Å². The lowest BCUT2D eigenvalue weighted by Crippen LogP contribution is -2.46. The number of aryl methyl sites for hydroxylation is 1. The van der Waals surface area contributed by atoms with Gasteiger partial charge in [-0.3, -0.25) is 0 Å². The highest BCUT2D eigenvalue weighted by atomic mass is 32.2. The Labute approximate surface area is 123 Å². The normalized spacial score (nSPS) is 18.6. The number of ether oxygens (including phenoxy) is 1. The van der Waals surface area contributed by atoms with Crippen LogP contribution in [0.2, 0.25) is 0 Å². The first-order valence-corrected chi connectivity index (χ1v) is 8.07. The summed E-state index contributed by atoms with van der Waals surface area (Å²) >= 11 is 0. The van der Waals surface area contributed by atoms with Crippen molar-refractivity contribution in [1.82, 2.24) is 4.72 Å². The van der Waals surface area contributed by atoms with Crippen LogP contribution in [0.1, 0.15) is 18.4 Å². The van der Waals surface area contributed by atoms with Crippen LogP contribution < -0.4 is 10.5 Å². The number of hydrogen-bond donors (Lipinski definition) is 3. The number of benzene rings is 1. The number of nitrogens with one attached hydrogen (secondary N) is 1. The van der Waals surface area contributed by atoms with E-state index in [1.807, 2.05) is 0 Å². The van der Waals surface area contributed by atoms with Crippen LogP contribution in [0.25, 0.3) is 0 Å². The molecule has 8 heteroatoms. The third kappa shape index (κ3) is 3.70. The van der Waals surface area contributed by atoms with Crippen molar-refractivity contribution in [2.75, 3.05) is 25.5 Å². The van der Waals surface area contributed by atoms with Gasteiger partial charge < -0.3 is 15.6 Å². The zero-order valence-corrected chi connectivity index (χ0v) is 12.5. The van der Waals surface area contributed by atoms with Crippen molar-refractivity contribution < 1.29 is 22.7 Å². The van der Waals surface area contributed by atoms with Gasteiger partial charge >= 0.3 is 0 Å². The monoisotopic (exact) mass is 318 g/mol. The smallest absolute Gasteiger partial charge is 0.240 e. The molecule has 2 rings (SSSR count). The van der Waals surface area contributed by atoms with E-state index in [1.165, 1.54) is 13.0 Å². The maximum absolute atomic E-state index is 13.4. The van der Waals surface area contributed by atoms with Crippen LogP contribution in [-0.4, -0.2) is 38.9 Å². The van der Waals surface area contributed by atoms with Gasteiger partial charge in [-0.2, -0.15) is 0 Å². The molecule has 1 aromatic rings. The van der Waals surface area contributed by atoms with Crippen LogP contribution in [-0.2, 0) is 14.8 Å². The average Bonchev–Trinajstić information content (AvgIpc) is 2.43. The fraction of sp³-hybridized carbons (Fsp3) is 0.538. The second-order valence-corrected chi connectivity index (χ2v) is 7.07. The Kier molecular flexibility index (Phi) is 4.52. The summed E-state index contributed by atoms with van der Waals surface area (Å²) in [7, 11) is -3.86. The number of rotatable bonds is 4. The van der Waals surface area contributed by atoms with E-state index >= 15 is 0 Å². The highest BCUT2D eigenvalue weighted by Crippen LogP contribution is 2.23. The lowest BCUT2D eigenvalue weighted by Gasteiger charge is -2.32. The summed E-state index contributed by atoms with van der Waals surface area (Å²) in [5.41, 5.74) is 4.26. The van der Waals surface area contributed by atoms with Crippen LogP contribution in [0.4, 0.5) is 10.1 Å². The molecule has 1 saturated heterocycles. The summed E-state index contributed by atoms with van der Waals surface area (Å²) in [5, 5.41) is 10.2. The molecule has 6 nitrogen and oxygen atoms in total. The van der Waals surface area contributed by atoms with E-state index in [2.05, 4.69) is 4.72 Å². The Hall–Kier alpha value is -1.22. The largest absolute Gasteiger partial charge is 0.396 e. The molecule has 0 radical (unpaired) electrons. The van der Waals surface area contributed by atoms with Crippen molar-refractivity contribution in [3.05, 3.63) is 23.5 Å². The molecule has 0 saturated carbocycles. The first-order valence-electron chi connectivity index (χ1n) is 6.59. The van der Waals surface area contributed by atoms with Gasteiger partial charge in [0.25, 0.3) is 0 Å². The number of hydrogen-bond acceptors (Lipinski definition) is 5. The molecule has 0 amide bonds. The van der Waals surface area contributed by atoms with Crippen molar-refractivity contribution in [2.24, 2.45) is 0 Å². The van der Waals surface area contributed by atoms with E-state index in [0.29, 0.717) is 26.1 Å². The summed E-state index contributed by atoms with van der Waals surface area (Å²) in [5.74, 6) is -0.628. The predicted molar refractivity (Wildman–Crippen MR) is 75.7 cm³/mol. The van der Waals surface area contributed by atoms with Gasteiger partial charge in [0.05, 0.1) is 16.2 Å². The molecule has 118 valence electrons. The maximum atomic E-state index is 13.4. The maximum Gasteiger partial charge on any atom is 0.240 e. The van der Waals surface area contributed by atoms with Crippen molar-refractivity contribution in [1.29, 1.82) is 0 Å². The van der Waals surface area contributed by atoms with E-state index in [9.17, 15) is 17.9 Å². The number of nitrogens with two attached hydrogens (primary N) is 1. The Balaban J connectivity index is 2.15. The van der Waals surface area contributed by atoms with E-state index in [4.69, 9.17) is 10.5 Å². The highest BCUT2D eigenvalue weighted by molar-refractivity contribution is 7.89. The molecule has 0 bridgehead atoms. The Morgan fingerprint density at radius 1 is 1.43 bits per heavy atom. The Bertz CT molecular complexity index is 604. The molecule has 1 aliphatic heterocycles. The summed E-state index contributed by atoms with van der Waals surface area (Å²) < 4.78 is 45.3. The summed E-state index contributed by atoms with van der Waals surface area (Å²) in [4.78, 5) is -0.116. The van der Waals surface area contributed by atoms with Crippen LogP contribution in [0, 0.1) is 12.7 Å². The molecular formula is C13H19FN2O4S. The topological polar surface area (TPSA) is 102 Å². The SMILES string of the molecule is Cc1cc(S(=O)(=O)NCC2(O)CCOCC2)cc(N)c1F. The molecule has 4 N–H and O–H groups in total. The fourth-order valence-corrected chi connectivity index (χ4v) is 3.40. The molecule has 0 atom stereocenters. The molecule has 0 unspecified atom stereocenters. The minimum absolute atomic E-state index is 0.116. The zero-order chi connectivity index (χ0) is 15.7. The molecule has 0 aromatic heterocycles. The Morgan fingerprint density at radius 2 is 2.05 bits per heavy atom. The van der Waals surface area contributed by atoms with E-state index in [-0.39, 0.29) is 22.7 Å². The van der Waals surface area contributed by atoms with Gasteiger partial charge in [0.2, 0.25) is 10.0 Å². The van der Waals surface area contributed by atoms with E-state index < -0.39 is 21.4 Å². The van der Waals surface area contributed by atoms with Crippen LogP contribution in [0.5, 0.6) is 0 Å². The summed E-state index contributed by atoms with van der Waals surface area (Å²) in [6.45, 7) is 2.10. The van der Waals surface area contributed by atoms with Gasteiger partial charge in [-0.1, -0.05) is 0 Å². The van der Waals surface area contributed by atoms with Crippen LogP contribution in [0.15, 0.2) is 17.0 Å². The third-order valence-corrected chi connectivity index (χ3v) is 4.96. The predicted octanol–water partition coefficient (Wildman–Crippen LogP) is 0.536. The lowest BCUT2D eigenvalue weighted by atomic mass is 9.95. The third-order valence-electron chi connectivity index (χ3n) is 3.58. The minimum atomic E-state index is -3.86. The number of nitrogen functional groups attached to an aromatic ring is 1. The van der Waals surface area contributed by atoms with Crippen molar-refractivity contribution in [3.63, 3.8) is 0 Å². The molecule has 21 heavy (non-hydrogen) atoms.